The van der Waals surface area contributed by atoms with E-state index in [-0.39, 0.29) is 30.0 Å². The summed E-state index contributed by atoms with van der Waals surface area (Å²) in [6, 6.07) is 11.7. The molecule has 0 amide bonds. The fourth-order valence-electron chi connectivity index (χ4n) is 3.08. The lowest BCUT2D eigenvalue weighted by atomic mass is 9.99. The number of rotatable bonds is 3. The molecule has 0 aliphatic carbocycles. The predicted octanol–water partition coefficient (Wildman–Crippen LogP) is 2.49. The Hall–Kier alpha value is -2.71. The van der Waals surface area contributed by atoms with Gasteiger partial charge in [0, 0.05) is 12.1 Å². The summed E-state index contributed by atoms with van der Waals surface area (Å²) < 4.78 is 49.6. The molecule has 0 bridgehead atoms. The van der Waals surface area contributed by atoms with E-state index in [2.05, 4.69) is 0 Å². The molecule has 1 atom stereocenters. The molecule has 0 fully saturated rings. The van der Waals surface area contributed by atoms with Gasteiger partial charge >= 0.3 is 16.3 Å². The van der Waals surface area contributed by atoms with Gasteiger partial charge in [-0.2, -0.15) is 12.7 Å². The summed E-state index contributed by atoms with van der Waals surface area (Å²) in [5.74, 6) is -1.18. The van der Waals surface area contributed by atoms with Crippen molar-refractivity contribution in [1.29, 1.82) is 0 Å². The van der Waals surface area contributed by atoms with Gasteiger partial charge in [-0.1, -0.05) is 36.4 Å². The van der Waals surface area contributed by atoms with E-state index in [0.29, 0.717) is 0 Å². The average Bonchev–Trinajstić information content (AvgIpc) is 3.08. The van der Waals surface area contributed by atoms with Crippen LogP contribution in [0.2, 0.25) is 0 Å². The van der Waals surface area contributed by atoms with Crippen molar-refractivity contribution >= 4 is 16.3 Å². The van der Waals surface area contributed by atoms with Crippen LogP contribution in [0.5, 0.6) is 5.75 Å². The Kier molecular flexibility index (Phi) is 4.01. The lowest BCUT2D eigenvalue weighted by Crippen LogP contribution is -2.40. The summed E-state index contributed by atoms with van der Waals surface area (Å²) in [7, 11) is -4.07. The van der Waals surface area contributed by atoms with Gasteiger partial charge in [-0.15, -0.1) is 0 Å². The summed E-state index contributed by atoms with van der Waals surface area (Å²) in [6.07, 6.45) is 1.47. The van der Waals surface area contributed by atoms with Crippen LogP contribution in [-0.4, -0.2) is 25.2 Å². The lowest BCUT2D eigenvalue weighted by Gasteiger charge is -2.31. The number of carbonyl (C=O) groups is 1. The summed E-state index contributed by atoms with van der Waals surface area (Å²) in [5, 5.41) is 0. The molecule has 0 saturated carbocycles. The molecule has 6 nitrogen and oxygen atoms in total. The molecule has 134 valence electrons. The second kappa shape index (κ2) is 6.22. The molecular formula is C18H14FNO5S. The quantitative estimate of drug-likeness (QED) is 0.771. The lowest BCUT2D eigenvalue weighted by molar-refractivity contribution is -0.140. The molecule has 2 heterocycles. The van der Waals surface area contributed by atoms with Crippen LogP contribution in [0.4, 0.5) is 4.39 Å². The van der Waals surface area contributed by atoms with Crippen molar-refractivity contribution in [2.45, 2.75) is 12.6 Å². The minimum atomic E-state index is -4.07. The van der Waals surface area contributed by atoms with Gasteiger partial charge in [-0.05, 0) is 23.8 Å². The molecule has 0 N–H and O–H groups in total. The van der Waals surface area contributed by atoms with Gasteiger partial charge in [0.25, 0.3) is 0 Å². The van der Waals surface area contributed by atoms with Crippen LogP contribution in [0, 0.1) is 5.82 Å². The molecular weight excluding hydrogens is 361 g/mol. The number of hydrogen-bond acceptors (Lipinski definition) is 5. The third-order valence-electron chi connectivity index (χ3n) is 4.27. The predicted molar refractivity (Wildman–Crippen MR) is 89.7 cm³/mol. The first kappa shape index (κ1) is 16.7. The summed E-state index contributed by atoms with van der Waals surface area (Å²) in [5.41, 5.74) is 1.24. The molecule has 1 unspecified atom stereocenters. The van der Waals surface area contributed by atoms with Crippen LogP contribution in [0.3, 0.4) is 0 Å². The Morgan fingerprint density at radius 1 is 1.23 bits per heavy atom. The van der Waals surface area contributed by atoms with Crippen molar-refractivity contribution in [1.82, 2.24) is 4.31 Å². The van der Waals surface area contributed by atoms with E-state index in [1.165, 1.54) is 18.2 Å². The van der Waals surface area contributed by atoms with Gasteiger partial charge in [0.2, 0.25) is 0 Å². The maximum Gasteiger partial charge on any atom is 0.386 e. The topological polar surface area (TPSA) is 72.9 Å². The van der Waals surface area contributed by atoms with E-state index in [1.54, 1.807) is 0 Å². The van der Waals surface area contributed by atoms with Gasteiger partial charge in [-0.3, -0.25) is 0 Å². The van der Waals surface area contributed by atoms with Crippen LogP contribution in [0.15, 0.2) is 60.2 Å². The van der Waals surface area contributed by atoms with Crippen molar-refractivity contribution in [3.05, 3.63) is 77.1 Å². The molecule has 2 aromatic rings. The Labute approximate surface area is 149 Å². The number of carbonyl (C=O) groups excluding carboxylic acids is 1. The van der Waals surface area contributed by atoms with Crippen molar-refractivity contribution in [2.24, 2.45) is 0 Å². The van der Waals surface area contributed by atoms with Crippen molar-refractivity contribution in [3.8, 4) is 5.75 Å². The Bertz CT molecular complexity index is 1000. The Morgan fingerprint density at radius 3 is 2.77 bits per heavy atom. The second-order valence-electron chi connectivity index (χ2n) is 5.92. The van der Waals surface area contributed by atoms with E-state index in [4.69, 9.17) is 8.92 Å². The monoisotopic (exact) mass is 375 g/mol. The van der Waals surface area contributed by atoms with Crippen LogP contribution in [0.25, 0.3) is 0 Å². The number of ether oxygens (including phenoxy) is 1. The van der Waals surface area contributed by atoms with Crippen molar-refractivity contribution in [3.63, 3.8) is 0 Å². The molecule has 0 spiro atoms. The molecule has 0 saturated heterocycles. The third-order valence-corrected chi connectivity index (χ3v) is 5.60. The standard InChI is InChI=1S/C18H14FNO5S/c19-13-6-7-16-15(10-13)17-14(8-9-20(17)26(22,23)25-16)18(21)24-11-12-4-2-1-3-5-12/h1-8,10,17H,9,11H2. The molecule has 4 rings (SSSR count). The van der Waals surface area contributed by atoms with Gasteiger partial charge in [0.1, 0.15) is 18.2 Å². The zero-order chi connectivity index (χ0) is 18.3. The van der Waals surface area contributed by atoms with E-state index in [0.717, 1.165) is 15.9 Å². The minimum Gasteiger partial charge on any atom is -0.457 e. The maximum atomic E-state index is 13.7. The normalized spacial score (nSPS) is 20.5. The van der Waals surface area contributed by atoms with Crippen LogP contribution < -0.4 is 4.18 Å². The number of fused-ring (bicyclic) bond motifs is 3. The molecule has 2 aliphatic heterocycles. The third kappa shape index (κ3) is 2.87. The second-order valence-corrected chi connectivity index (χ2v) is 7.41. The largest absolute Gasteiger partial charge is 0.457 e. The molecule has 0 radical (unpaired) electrons. The first-order valence-corrected chi connectivity index (χ1v) is 9.24. The van der Waals surface area contributed by atoms with E-state index >= 15 is 0 Å². The van der Waals surface area contributed by atoms with Gasteiger partial charge in [0.15, 0.2) is 0 Å². The summed E-state index contributed by atoms with van der Waals surface area (Å²) >= 11 is 0. The number of esters is 1. The maximum absolute atomic E-state index is 13.7. The van der Waals surface area contributed by atoms with Crippen molar-refractivity contribution in [2.75, 3.05) is 6.54 Å². The van der Waals surface area contributed by atoms with Crippen LogP contribution in [0.1, 0.15) is 17.2 Å². The van der Waals surface area contributed by atoms with E-state index in [1.807, 2.05) is 30.3 Å². The number of hydrogen-bond donors (Lipinski definition) is 0. The molecule has 2 aliphatic rings. The van der Waals surface area contributed by atoms with Crippen LogP contribution >= 0.6 is 0 Å². The van der Waals surface area contributed by atoms with E-state index < -0.39 is 28.1 Å². The average molecular weight is 375 g/mol. The van der Waals surface area contributed by atoms with E-state index in [9.17, 15) is 17.6 Å². The fourth-order valence-corrected chi connectivity index (χ4v) is 4.29. The zero-order valence-electron chi connectivity index (χ0n) is 13.5. The summed E-state index contributed by atoms with van der Waals surface area (Å²) in [4.78, 5) is 12.5. The molecule has 8 heteroatoms. The summed E-state index contributed by atoms with van der Waals surface area (Å²) in [6.45, 7) is 0.0156. The highest BCUT2D eigenvalue weighted by Gasteiger charge is 2.46. The highest BCUT2D eigenvalue weighted by molar-refractivity contribution is 7.84. The Balaban J connectivity index is 1.63. The highest BCUT2D eigenvalue weighted by Crippen LogP contribution is 2.44. The molecule has 2 aromatic carbocycles. The number of benzene rings is 2. The Morgan fingerprint density at radius 2 is 2.00 bits per heavy atom. The molecule has 26 heavy (non-hydrogen) atoms. The first-order chi connectivity index (χ1) is 12.5. The number of nitrogens with zero attached hydrogens (tertiary/aromatic N) is 1. The fraction of sp³-hybridized carbons (Fsp3) is 0.167. The van der Waals surface area contributed by atoms with Gasteiger partial charge < -0.3 is 8.92 Å². The zero-order valence-corrected chi connectivity index (χ0v) is 14.3. The smallest absolute Gasteiger partial charge is 0.386 e. The first-order valence-electron chi connectivity index (χ1n) is 7.87. The SMILES string of the molecule is O=C(OCc1ccccc1)C1=CCN2C1c1cc(F)ccc1OS2(=O)=O. The minimum absolute atomic E-state index is 0.0105. The molecule has 0 aromatic heterocycles. The van der Waals surface area contributed by atoms with Crippen LogP contribution in [-0.2, 0) is 26.4 Å². The van der Waals surface area contributed by atoms with Crippen molar-refractivity contribution < 1.29 is 26.5 Å². The number of halogens is 1. The van der Waals surface area contributed by atoms with Gasteiger partial charge in [0.05, 0.1) is 11.6 Å². The highest BCUT2D eigenvalue weighted by atomic mass is 32.2. The van der Waals surface area contributed by atoms with Gasteiger partial charge in [-0.25, -0.2) is 9.18 Å².